The van der Waals surface area contributed by atoms with Crippen LogP contribution >= 0.6 is 0 Å². The van der Waals surface area contributed by atoms with Crippen molar-refractivity contribution in [1.29, 1.82) is 0 Å². The molecular weight excluding hydrogens is 404 g/mol. The molecule has 0 aliphatic heterocycles. The molecule has 172 valence electrons. The number of rotatable bonds is 9. The highest BCUT2D eigenvalue weighted by molar-refractivity contribution is 5.86. The van der Waals surface area contributed by atoms with Gasteiger partial charge in [0.25, 0.3) is 0 Å². The Labute approximate surface area is 191 Å². The molecule has 5 heteroatoms. The number of carbonyl (C=O) groups excluding carboxylic acids is 1. The third-order valence-electron chi connectivity index (χ3n) is 3.96. The summed E-state index contributed by atoms with van der Waals surface area (Å²) in [6.07, 6.45) is 7.72. The Hall–Kier alpha value is -3.31. The second-order valence-corrected chi connectivity index (χ2v) is 7.56. The van der Waals surface area contributed by atoms with Crippen LogP contribution in [0.2, 0.25) is 0 Å². The molecule has 0 heterocycles. The molecule has 0 bridgehead atoms. The van der Waals surface area contributed by atoms with E-state index in [1.165, 1.54) is 7.11 Å². The lowest BCUT2D eigenvalue weighted by molar-refractivity contribution is -0.136. The maximum Gasteiger partial charge on any atom is 0.332 e. The van der Waals surface area contributed by atoms with Gasteiger partial charge in [-0.25, -0.2) is 4.79 Å². The van der Waals surface area contributed by atoms with Crippen LogP contribution in [-0.2, 0) is 14.3 Å². The highest BCUT2D eigenvalue weighted by Crippen LogP contribution is 2.16. The molecule has 1 N–H and O–H groups in total. The van der Waals surface area contributed by atoms with E-state index in [4.69, 9.17) is 9.47 Å². The van der Waals surface area contributed by atoms with Gasteiger partial charge in [0.1, 0.15) is 11.5 Å². The fraction of sp³-hybridized carbons (Fsp3) is 0.296. The predicted octanol–water partition coefficient (Wildman–Crippen LogP) is 6.25. The van der Waals surface area contributed by atoms with Gasteiger partial charge in [0, 0.05) is 5.57 Å². The summed E-state index contributed by atoms with van der Waals surface area (Å²) < 4.78 is 15.6. The van der Waals surface area contributed by atoms with E-state index in [1.54, 1.807) is 19.1 Å². The number of aromatic hydroxyl groups is 1. The van der Waals surface area contributed by atoms with Gasteiger partial charge in [-0.2, -0.15) is 0 Å². The van der Waals surface area contributed by atoms with Gasteiger partial charge in [-0.15, -0.1) is 0 Å². The first-order valence-electron chi connectivity index (χ1n) is 10.5. The van der Waals surface area contributed by atoms with Crippen LogP contribution in [0.4, 0.5) is 0 Å². The quantitative estimate of drug-likeness (QED) is 0.217. The molecule has 5 nitrogen and oxygen atoms in total. The Balaban J connectivity index is 0.000000633. The fourth-order valence-electron chi connectivity index (χ4n) is 2.30. The Morgan fingerprint density at radius 2 is 1.47 bits per heavy atom. The van der Waals surface area contributed by atoms with Crippen molar-refractivity contribution < 1.29 is 24.1 Å². The summed E-state index contributed by atoms with van der Waals surface area (Å²) in [5.41, 5.74) is 2.57. The normalized spacial score (nSPS) is 11.8. The molecule has 0 spiro atoms. The van der Waals surface area contributed by atoms with E-state index in [2.05, 4.69) is 25.2 Å². The predicted molar refractivity (Wildman–Crippen MR) is 130 cm³/mol. The zero-order valence-corrected chi connectivity index (χ0v) is 19.6. The Kier molecular flexibility index (Phi) is 12.2. The SMILES string of the molecule is C=C(C)C(=O)OC.CC(C)COC(C)Oc1ccc(C=CC=Cc2ccc(O)cc2)cc1. The Bertz CT molecular complexity index is 877. The summed E-state index contributed by atoms with van der Waals surface area (Å²) in [5, 5.41) is 9.25. The average Bonchev–Trinajstić information content (AvgIpc) is 2.77. The minimum atomic E-state index is -0.347. The third kappa shape index (κ3) is 11.8. The second kappa shape index (κ2) is 14.7. The van der Waals surface area contributed by atoms with Crippen molar-refractivity contribution in [2.45, 2.75) is 34.0 Å². The third-order valence-corrected chi connectivity index (χ3v) is 3.96. The first kappa shape index (κ1) is 26.7. The molecule has 0 aliphatic carbocycles. The van der Waals surface area contributed by atoms with Crippen LogP contribution in [0.15, 0.2) is 72.8 Å². The van der Waals surface area contributed by atoms with E-state index in [0.29, 0.717) is 18.1 Å². The van der Waals surface area contributed by atoms with E-state index in [0.717, 1.165) is 16.9 Å². The van der Waals surface area contributed by atoms with Gasteiger partial charge >= 0.3 is 5.97 Å². The summed E-state index contributed by atoms with van der Waals surface area (Å²) in [5.74, 6) is 1.22. The molecule has 0 aromatic heterocycles. The van der Waals surface area contributed by atoms with Crippen molar-refractivity contribution in [2.24, 2.45) is 5.92 Å². The molecule has 0 amide bonds. The summed E-state index contributed by atoms with van der Waals surface area (Å²) in [7, 11) is 1.33. The van der Waals surface area contributed by atoms with Gasteiger partial charge in [-0.3, -0.25) is 0 Å². The zero-order valence-electron chi connectivity index (χ0n) is 19.6. The number of hydrogen-bond acceptors (Lipinski definition) is 5. The lowest BCUT2D eigenvalue weighted by Gasteiger charge is -2.16. The number of methoxy groups -OCH3 is 1. The van der Waals surface area contributed by atoms with Gasteiger partial charge in [-0.05, 0) is 55.2 Å². The molecule has 0 saturated heterocycles. The minimum Gasteiger partial charge on any atom is -0.508 e. The molecule has 0 aliphatic rings. The number of phenolic OH excluding ortho intramolecular Hbond substituents is 1. The van der Waals surface area contributed by atoms with Crippen LogP contribution in [0, 0.1) is 5.92 Å². The van der Waals surface area contributed by atoms with Crippen LogP contribution in [0.1, 0.15) is 38.8 Å². The first-order chi connectivity index (χ1) is 15.2. The lowest BCUT2D eigenvalue weighted by atomic mass is 10.2. The Morgan fingerprint density at radius 3 is 1.88 bits per heavy atom. The molecular formula is C27H34O5. The number of esters is 1. The zero-order chi connectivity index (χ0) is 23.9. The van der Waals surface area contributed by atoms with E-state index in [-0.39, 0.29) is 18.0 Å². The van der Waals surface area contributed by atoms with Crippen LogP contribution in [-0.4, -0.2) is 31.1 Å². The molecule has 1 atom stereocenters. The summed E-state index contributed by atoms with van der Waals surface area (Å²) >= 11 is 0. The molecule has 2 rings (SSSR count). The van der Waals surface area contributed by atoms with Crippen LogP contribution < -0.4 is 4.74 Å². The Morgan fingerprint density at radius 1 is 0.969 bits per heavy atom. The smallest absolute Gasteiger partial charge is 0.332 e. The van der Waals surface area contributed by atoms with Crippen molar-refractivity contribution in [3.05, 3.63) is 84.0 Å². The second-order valence-electron chi connectivity index (χ2n) is 7.56. The van der Waals surface area contributed by atoms with Gasteiger partial charge in [0.15, 0.2) is 6.29 Å². The lowest BCUT2D eigenvalue weighted by Crippen LogP contribution is -2.18. The number of carbonyl (C=O) groups is 1. The van der Waals surface area contributed by atoms with Crippen LogP contribution in [0.25, 0.3) is 12.2 Å². The van der Waals surface area contributed by atoms with Crippen molar-refractivity contribution in [3.8, 4) is 11.5 Å². The van der Waals surface area contributed by atoms with E-state index in [1.807, 2.05) is 67.6 Å². The minimum absolute atomic E-state index is 0.253. The van der Waals surface area contributed by atoms with Crippen molar-refractivity contribution in [3.63, 3.8) is 0 Å². The monoisotopic (exact) mass is 438 g/mol. The molecule has 2 aromatic rings. The largest absolute Gasteiger partial charge is 0.508 e. The van der Waals surface area contributed by atoms with Gasteiger partial charge in [-0.1, -0.05) is 69.0 Å². The number of hydrogen-bond donors (Lipinski definition) is 1. The summed E-state index contributed by atoms with van der Waals surface area (Å²) in [6, 6.07) is 15.0. The summed E-state index contributed by atoms with van der Waals surface area (Å²) in [4.78, 5) is 10.2. The topological polar surface area (TPSA) is 65.0 Å². The number of ether oxygens (including phenoxy) is 3. The van der Waals surface area contributed by atoms with Crippen molar-refractivity contribution in [1.82, 2.24) is 0 Å². The molecule has 0 radical (unpaired) electrons. The number of phenols is 1. The maximum absolute atomic E-state index is 10.2. The van der Waals surface area contributed by atoms with Gasteiger partial charge < -0.3 is 19.3 Å². The standard InChI is InChI=1S/C22H26O3.C5H8O2/c1-17(2)16-24-18(3)25-22-14-10-20(11-15-22)7-5-4-6-19-8-12-21(23)13-9-19;1-4(2)5(6)7-3/h4-15,17-18,23H,16H2,1-3H3;1H2,2-3H3. The highest BCUT2D eigenvalue weighted by atomic mass is 16.7. The average molecular weight is 439 g/mol. The first-order valence-corrected chi connectivity index (χ1v) is 10.5. The fourth-order valence-corrected chi connectivity index (χ4v) is 2.30. The van der Waals surface area contributed by atoms with Crippen LogP contribution in [0.3, 0.4) is 0 Å². The van der Waals surface area contributed by atoms with E-state index < -0.39 is 0 Å². The van der Waals surface area contributed by atoms with Crippen molar-refractivity contribution >= 4 is 18.1 Å². The number of benzene rings is 2. The maximum atomic E-state index is 10.2. The molecule has 2 aromatic carbocycles. The molecule has 1 unspecified atom stereocenters. The van der Waals surface area contributed by atoms with E-state index in [9.17, 15) is 9.90 Å². The number of allylic oxidation sites excluding steroid dienone is 2. The van der Waals surface area contributed by atoms with Gasteiger partial charge in [0.2, 0.25) is 0 Å². The van der Waals surface area contributed by atoms with Crippen LogP contribution in [0.5, 0.6) is 11.5 Å². The molecule has 32 heavy (non-hydrogen) atoms. The van der Waals surface area contributed by atoms with Gasteiger partial charge in [0.05, 0.1) is 13.7 Å². The van der Waals surface area contributed by atoms with E-state index >= 15 is 0 Å². The summed E-state index contributed by atoms with van der Waals surface area (Å²) in [6.45, 7) is 11.8. The molecule has 0 saturated carbocycles. The molecule has 0 fully saturated rings. The van der Waals surface area contributed by atoms with Crippen molar-refractivity contribution in [2.75, 3.05) is 13.7 Å². The highest BCUT2D eigenvalue weighted by Gasteiger charge is 2.05.